The average molecular weight is 423 g/mol. The van der Waals surface area contributed by atoms with Crippen LogP contribution in [0.15, 0.2) is 48.5 Å². The molecule has 0 unspecified atom stereocenters. The lowest BCUT2D eigenvalue weighted by Crippen LogP contribution is -2.52. The lowest BCUT2D eigenvalue weighted by molar-refractivity contribution is -0.119. The maximum Gasteiger partial charge on any atom is 0.226 e. The molecule has 158 valence electrons. The molecule has 0 N–H and O–H groups in total. The molecule has 0 aliphatic carbocycles. The largest absolute Gasteiger partial charge is 0.309 e. The summed E-state index contributed by atoms with van der Waals surface area (Å²) in [4.78, 5) is 16.9. The second kappa shape index (κ2) is 10.7. The summed E-state index contributed by atoms with van der Waals surface area (Å²) in [5.41, 5.74) is 1.90. The third kappa shape index (κ3) is 6.00. The van der Waals surface area contributed by atoms with Crippen LogP contribution < -0.4 is 4.90 Å². The lowest BCUT2D eigenvalue weighted by Gasteiger charge is -2.42. The van der Waals surface area contributed by atoms with Gasteiger partial charge in [-0.15, -0.1) is 12.4 Å². The molecule has 1 saturated heterocycles. The molecule has 1 fully saturated rings. The molecule has 29 heavy (non-hydrogen) atoms. The van der Waals surface area contributed by atoms with E-state index in [-0.39, 0.29) is 36.0 Å². The normalized spacial score (nSPS) is 19.4. The number of hydrogen-bond acceptors (Lipinski definition) is 2. The van der Waals surface area contributed by atoms with E-state index in [1.165, 1.54) is 24.3 Å². The van der Waals surface area contributed by atoms with E-state index in [2.05, 4.69) is 11.8 Å². The van der Waals surface area contributed by atoms with Gasteiger partial charge in [0.05, 0.1) is 0 Å². The minimum absolute atomic E-state index is 0. The Kier molecular flexibility index (Phi) is 8.60. The molecular formula is C23H29ClF2N2O. The van der Waals surface area contributed by atoms with Crippen molar-refractivity contribution in [2.45, 2.75) is 39.2 Å². The first-order valence-electron chi connectivity index (χ1n) is 10.0. The number of carbonyl (C=O) groups is 1. The van der Waals surface area contributed by atoms with Gasteiger partial charge in [-0.3, -0.25) is 4.79 Å². The monoisotopic (exact) mass is 422 g/mol. The highest BCUT2D eigenvalue weighted by Gasteiger charge is 2.33. The van der Waals surface area contributed by atoms with Crippen molar-refractivity contribution in [2.24, 2.45) is 5.92 Å². The smallest absolute Gasteiger partial charge is 0.226 e. The van der Waals surface area contributed by atoms with Gasteiger partial charge in [0.15, 0.2) is 0 Å². The molecule has 1 heterocycles. The highest BCUT2D eigenvalue weighted by Crippen LogP contribution is 2.28. The van der Waals surface area contributed by atoms with Crippen LogP contribution in [0.25, 0.3) is 0 Å². The summed E-state index contributed by atoms with van der Waals surface area (Å²) in [6.07, 6.45) is 2.19. The summed E-state index contributed by atoms with van der Waals surface area (Å²) in [6.45, 7) is 6.77. The van der Waals surface area contributed by atoms with Crippen LogP contribution in [0.4, 0.5) is 14.5 Å². The topological polar surface area (TPSA) is 23.6 Å². The van der Waals surface area contributed by atoms with E-state index in [4.69, 9.17) is 0 Å². The molecule has 0 radical (unpaired) electrons. The van der Waals surface area contributed by atoms with Gasteiger partial charge in [0.25, 0.3) is 0 Å². The summed E-state index contributed by atoms with van der Waals surface area (Å²) in [6, 6.07) is 13.0. The maximum absolute atomic E-state index is 13.3. The van der Waals surface area contributed by atoms with Crippen LogP contribution in [0, 0.1) is 17.6 Å². The van der Waals surface area contributed by atoms with Crippen LogP contribution in [-0.4, -0.2) is 36.5 Å². The van der Waals surface area contributed by atoms with Crippen LogP contribution in [-0.2, 0) is 11.2 Å². The van der Waals surface area contributed by atoms with Crippen molar-refractivity contribution < 1.29 is 13.6 Å². The first-order chi connectivity index (χ1) is 13.5. The van der Waals surface area contributed by atoms with Crippen molar-refractivity contribution in [3.8, 4) is 0 Å². The van der Waals surface area contributed by atoms with Crippen LogP contribution in [0.3, 0.4) is 0 Å². The Hall–Kier alpha value is -1.98. The van der Waals surface area contributed by atoms with Gasteiger partial charge in [-0.25, -0.2) is 8.78 Å². The van der Waals surface area contributed by atoms with E-state index in [1.54, 1.807) is 12.1 Å². The van der Waals surface area contributed by atoms with Crippen molar-refractivity contribution in [3.63, 3.8) is 0 Å². The third-order valence-corrected chi connectivity index (χ3v) is 5.58. The van der Waals surface area contributed by atoms with Gasteiger partial charge in [-0.2, -0.15) is 0 Å². The van der Waals surface area contributed by atoms with E-state index in [0.29, 0.717) is 12.3 Å². The number of amides is 1. The highest BCUT2D eigenvalue weighted by molar-refractivity contribution is 5.93. The van der Waals surface area contributed by atoms with Crippen LogP contribution >= 0.6 is 12.4 Å². The van der Waals surface area contributed by atoms with Gasteiger partial charge in [-0.1, -0.05) is 26.0 Å². The van der Waals surface area contributed by atoms with Crippen molar-refractivity contribution in [2.75, 3.05) is 24.5 Å². The molecular weight excluding hydrogens is 394 g/mol. The molecule has 3 rings (SSSR count). The Bertz CT molecular complexity index is 782. The molecule has 1 aliphatic heterocycles. The SMILES string of the molecule is CCC(=O)N(c1ccc(F)cc1)[C@@H]1CCN(CCc2ccc(F)cc2)C[C@@H]1C.Cl. The van der Waals surface area contributed by atoms with Crippen LogP contribution in [0.1, 0.15) is 32.3 Å². The minimum Gasteiger partial charge on any atom is -0.309 e. The zero-order valence-electron chi connectivity index (χ0n) is 17.0. The number of rotatable bonds is 6. The zero-order valence-corrected chi connectivity index (χ0v) is 17.8. The van der Waals surface area contributed by atoms with Crippen molar-refractivity contribution in [1.82, 2.24) is 4.90 Å². The highest BCUT2D eigenvalue weighted by atomic mass is 35.5. The fourth-order valence-corrected chi connectivity index (χ4v) is 4.04. The molecule has 3 nitrogen and oxygen atoms in total. The van der Waals surface area contributed by atoms with E-state index >= 15 is 0 Å². The number of likely N-dealkylation sites (tertiary alicyclic amines) is 1. The zero-order chi connectivity index (χ0) is 20.1. The molecule has 2 atom stereocenters. The van der Waals surface area contributed by atoms with Gasteiger partial charge in [-0.05, 0) is 60.7 Å². The Balaban J connectivity index is 0.00000300. The molecule has 6 heteroatoms. The average Bonchev–Trinajstić information content (AvgIpc) is 2.70. The summed E-state index contributed by atoms with van der Waals surface area (Å²) in [7, 11) is 0. The molecule has 0 bridgehead atoms. The number of halogens is 3. The van der Waals surface area contributed by atoms with Crippen molar-refractivity contribution in [1.29, 1.82) is 0 Å². The number of piperidine rings is 1. The predicted molar refractivity (Wildman–Crippen MR) is 116 cm³/mol. The first kappa shape index (κ1) is 23.3. The number of nitrogens with zero attached hydrogens (tertiary/aromatic N) is 2. The molecule has 0 spiro atoms. The third-order valence-electron chi connectivity index (χ3n) is 5.58. The molecule has 1 aliphatic rings. The number of benzene rings is 2. The van der Waals surface area contributed by atoms with E-state index in [0.717, 1.165) is 43.7 Å². The molecule has 0 aromatic heterocycles. The van der Waals surface area contributed by atoms with Gasteiger partial charge < -0.3 is 9.80 Å². The second-order valence-electron chi connectivity index (χ2n) is 7.60. The summed E-state index contributed by atoms with van der Waals surface area (Å²) in [5.74, 6) is -0.123. The van der Waals surface area contributed by atoms with E-state index < -0.39 is 0 Å². The minimum atomic E-state index is -0.295. The molecule has 1 amide bonds. The predicted octanol–water partition coefficient (Wildman–Crippen LogP) is 5.08. The van der Waals surface area contributed by atoms with Gasteiger partial charge in [0, 0.05) is 37.8 Å². The van der Waals surface area contributed by atoms with Crippen LogP contribution in [0.5, 0.6) is 0 Å². The standard InChI is InChI=1S/C23H28F2N2O.ClH/c1-3-23(28)27(21-10-8-20(25)9-11-21)22-13-15-26(16-17(22)2)14-12-18-4-6-19(24)7-5-18;/h4-11,17,22H,3,12-16H2,1-2H3;1H/t17-,22+;/m0./s1. The summed E-state index contributed by atoms with van der Waals surface area (Å²) in [5, 5.41) is 0. The second-order valence-corrected chi connectivity index (χ2v) is 7.60. The van der Waals surface area contributed by atoms with E-state index in [9.17, 15) is 13.6 Å². The molecule has 0 saturated carbocycles. The van der Waals surface area contributed by atoms with Gasteiger partial charge >= 0.3 is 0 Å². The number of carbonyl (C=O) groups excluding carboxylic acids is 1. The Labute approximate surface area is 178 Å². The Morgan fingerprint density at radius 3 is 2.21 bits per heavy atom. The lowest BCUT2D eigenvalue weighted by atomic mass is 9.91. The summed E-state index contributed by atoms with van der Waals surface area (Å²) >= 11 is 0. The van der Waals surface area contributed by atoms with Crippen molar-refractivity contribution >= 4 is 24.0 Å². The fourth-order valence-electron chi connectivity index (χ4n) is 4.04. The quantitative estimate of drug-likeness (QED) is 0.647. The maximum atomic E-state index is 13.3. The van der Waals surface area contributed by atoms with Crippen molar-refractivity contribution in [3.05, 3.63) is 65.7 Å². The Morgan fingerprint density at radius 1 is 1.07 bits per heavy atom. The van der Waals surface area contributed by atoms with E-state index in [1.807, 2.05) is 24.0 Å². The van der Waals surface area contributed by atoms with Gasteiger partial charge in [0.2, 0.25) is 5.91 Å². The first-order valence-corrected chi connectivity index (χ1v) is 10.0. The van der Waals surface area contributed by atoms with Gasteiger partial charge in [0.1, 0.15) is 11.6 Å². The number of hydrogen-bond donors (Lipinski definition) is 0. The molecule has 2 aromatic rings. The van der Waals surface area contributed by atoms with Crippen LogP contribution in [0.2, 0.25) is 0 Å². The summed E-state index contributed by atoms with van der Waals surface area (Å²) < 4.78 is 26.4. The Morgan fingerprint density at radius 2 is 1.66 bits per heavy atom. The molecule has 2 aromatic carbocycles. The fraction of sp³-hybridized carbons (Fsp3) is 0.435. The number of anilines is 1.